The van der Waals surface area contributed by atoms with Crippen LogP contribution in [0, 0.1) is 0 Å². The van der Waals surface area contributed by atoms with Gasteiger partial charge in [0.25, 0.3) is 5.91 Å². The van der Waals surface area contributed by atoms with Crippen molar-refractivity contribution in [2.45, 2.75) is 31.6 Å². The Bertz CT molecular complexity index is 801. The van der Waals surface area contributed by atoms with Gasteiger partial charge in [0.1, 0.15) is 5.54 Å². The van der Waals surface area contributed by atoms with Crippen LogP contribution in [0.4, 0.5) is 13.2 Å². The molecule has 1 atom stereocenters. The molecule has 0 saturated carbocycles. The fourth-order valence-corrected chi connectivity index (χ4v) is 3.56. The van der Waals surface area contributed by atoms with Crippen LogP contribution in [0.25, 0.3) is 0 Å². The van der Waals surface area contributed by atoms with Gasteiger partial charge in [-0.05, 0) is 42.2 Å². The number of nitrogens with zero attached hydrogens (tertiary/aromatic N) is 1. The number of carbonyl (C=O) groups is 1. The van der Waals surface area contributed by atoms with Gasteiger partial charge >= 0.3 is 6.18 Å². The van der Waals surface area contributed by atoms with E-state index in [-0.39, 0.29) is 12.5 Å². The van der Waals surface area contributed by atoms with E-state index in [9.17, 15) is 18.0 Å². The second-order valence-electron chi connectivity index (χ2n) is 6.67. The van der Waals surface area contributed by atoms with Crippen molar-refractivity contribution in [1.29, 1.82) is 0 Å². The minimum Gasteiger partial charge on any atom is -0.355 e. The molecule has 1 heterocycles. The van der Waals surface area contributed by atoms with Gasteiger partial charge in [-0.2, -0.15) is 13.2 Å². The van der Waals surface area contributed by atoms with E-state index < -0.39 is 11.7 Å². The molecule has 0 bridgehead atoms. The van der Waals surface area contributed by atoms with Crippen molar-refractivity contribution in [3.05, 3.63) is 70.8 Å². The van der Waals surface area contributed by atoms with Gasteiger partial charge in [0, 0.05) is 25.7 Å². The van der Waals surface area contributed by atoms with Gasteiger partial charge in [0.15, 0.2) is 0 Å². The summed E-state index contributed by atoms with van der Waals surface area (Å²) in [6.07, 6.45) is -3.82. The molecule has 0 aliphatic carbocycles. The highest BCUT2D eigenvalue weighted by Gasteiger charge is 2.57. The molecule has 1 aliphatic heterocycles. The number of hydrogen-bond acceptors (Lipinski definition) is 2. The fourth-order valence-electron chi connectivity index (χ4n) is 3.56. The Kier molecular flexibility index (Phi) is 4.80. The molecule has 1 aliphatic rings. The number of amides is 1. The first-order chi connectivity index (χ1) is 12.3. The summed E-state index contributed by atoms with van der Waals surface area (Å²) in [5.74, 6) is -0.219. The molecule has 3 rings (SSSR count). The van der Waals surface area contributed by atoms with Gasteiger partial charge in [-0.25, -0.2) is 0 Å². The van der Waals surface area contributed by atoms with Crippen molar-refractivity contribution in [2.75, 3.05) is 13.6 Å². The van der Waals surface area contributed by atoms with Crippen LogP contribution in [0.3, 0.4) is 0 Å². The molecule has 138 valence electrons. The largest absolute Gasteiger partial charge is 0.410 e. The number of alkyl halides is 3. The quantitative estimate of drug-likeness (QED) is 0.899. The normalized spacial score (nSPS) is 20.5. The van der Waals surface area contributed by atoms with Gasteiger partial charge < -0.3 is 5.32 Å². The van der Waals surface area contributed by atoms with Crippen LogP contribution in [-0.2, 0) is 18.5 Å². The standard InChI is InChI=1S/C20H21F3N2O/c1-19(20(21,22)23)17-6-4-3-5-15(17)11-12-25(19)13-14-7-9-16(10-8-14)18(26)24-2/h3-10H,11-13H2,1-2H3,(H,24,26)/t19-/m1/s1. The van der Waals surface area contributed by atoms with Gasteiger partial charge in [0.2, 0.25) is 0 Å². The fraction of sp³-hybridized carbons (Fsp3) is 0.350. The third-order valence-corrected chi connectivity index (χ3v) is 5.19. The molecular weight excluding hydrogens is 341 g/mol. The molecule has 0 saturated heterocycles. The number of halogens is 3. The molecule has 1 amide bonds. The molecule has 0 aromatic heterocycles. The van der Waals surface area contributed by atoms with Crippen molar-refractivity contribution in [2.24, 2.45) is 0 Å². The lowest BCUT2D eigenvalue weighted by Gasteiger charge is -2.47. The first-order valence-electron chi connectivity index (χ1n) is 8.48. The van der Waals surface area contributed by atoms with Gasteiger partial charge in [-0.3, -0.25) is 9.69 Å². The molecule has 3 nitrogen and oxygen atoms in total. The maximum absolute atomic E-state index is 14.1. The summed E-state index contributed by atoms with van der Waals surface area (Å²) < 4.78 is 42.2. The summed E-state index contributed by atoms with van der Waals surface area (Å²) in [6.45, 7) is 1.74. The smallest absolute Gasteiger partial charge is 0.355 e. The van der Waals surface area contributed by atoms with E-state index in [2.05, 4.69) is 5.32 Å². The summed E-state index contributed by atoms with van der Waals surface area (Å²) in [7, 11) is 1.54. The third kappa shape index (κ3) is 3.09. The van der Waals surface area contributed by atoms with Crippen LogP contribution >= 0.6 is 0 Å². The maximum Gasteiger partial charge on any atom is 0.410 e. The molecule has 6 heteroatoms. The highest BCUT2D eigenvalue weighted by molar-refractivity contribution is 5.93. The molecular formula is C20H21F3N2O. The van der Waals surface area contributed by atoms with Crippen LogP contribution in [-0.4, -0.2) is 30.6 Å². The van der Waals surface area contributed by atoms with E-state index in [0.29, 0.717) is 24.1 Å². The Morgan fingerprint density at radius 2 is 1.81 bits per heavy atom. The third-order valence-electron chi connectivity index (χ3n) is 5.19. The van der Waals surface area contributed by atoms with Crippen molar-refractivity contribution in [3.8, 4) is 0 Å². The Labute approximate surface area is 150 Å². The topological polar surface area (TPSA) is 32.3 Å². The van der Waals surface area contributed by atoms with Crippen LogP contribution in [0.1, 0.15) is 34.0 Å². The molecule has 0 fully saturated rings. The highest BCUT2D eigenvalue weighted by atomic mass is 19.4. The zero-order valence-corrected chi connectivity index (χ0v) is 14.7. The zero-order valence-electron chi connectivity index (χ0n) is 14.7. The summed E-state index contributed by atoms with van der Waals surface area (Å²) in [6, 6.07) is 13.5. The van der Waals surface area contributed by atoms with Crippen molar-refractivity contribution >= 4 is 5.91 Å². The number of fused-ring (bicyclic) bond motifs is 1. The Morgan fingerprint density at radius 3 is 2.42 bits per heavy atom. The van der Waals surface area contributed by atoms with E-state index in [1.54, 1.807) is 48.5 Å². The van der Waals surface area contributed by atoms with Gasteiger partial charge in [-0.15, -0.1) is 0 Å². The molecule has 2 aromatic rings. The summed E-state index contributed by atoms with van der Waals surface area (Å²) in [5, 5.41) is 2.53. The number of benzene rings is 2. The number of hydrogen-bond donors (Lipinski definition) is 1. The SMILES string of the molecule is CNC(=O)c1ccc(CN2CCc3ccccc3[C@]2(C)C(F)(F)F)cc1. The lowest BCUT2D eigenvalue weighted by Crippen LogP contribution is -2.57. The lowest BCUT2D eigenvalue weighted by atomic mass is 9.81. The van der Waals surface area contributed by atoms with Crippen molar-refractivity contribution < 1.29 is 18.0 Å². The molecule has 0 spiro atoms. The van der Waals surface area contributed by atoms with Gasteiger partial charge in [0.05, 0.1) is 0 Å². The van der Waals surface area contributed by atoms with E-state index in [0.717, 1.165) is 11.1 Å². The average molecular weight is 362 g/mol. The highest BCUT2D eigenvalue weighted by Crippen LogP contribution is 2.47. The number of carbonyl (C=O) groups excluding carboxylic acids is 1. The van der Waals surface area contributed by atoms with Crippen LogP contribution in [0.15, 0.2) is 48.5 Å². The molecule has 26 heavy (non-hydrogen) atoms. The van der Waals surface area contributed by atoms with E-state index in [4.69, 9.17) is 0 Å². The number of nitrogens with one attached hydrogen (secondary N) is 1. The monoisotopic (exact) mass is 362 g/mol. The first-order valence-corrected chi connectivity index (χ1v) is 8.48. The van der Waals surface area contributed by atoms with E-state index >= 15 is 0 Å². The number of rotatable bonds is 3. The summed E-state index contributed by atoms with van der Waals surface area (Å²) >= 11 is 0. The predicted octanol–water partition coefficient (Wildman–Crippen LogP) is 3.88. The average Bonchev–Trinajstić information content (AvgIpc) is 2.63. The summed E-state index contributed by atoms with van der Waals surface area (Å²) in [5.41, 5.74) is 0.256. The van der Waals surface area contributed by atoms with Crippen molar-refractivity contribution in [3.63, 3.8) is 0 Å². The second kappa shape index (κ2) is 6.76. The van der Waals surface area contributed by atoms with E-state index in [1.165, 1.54) is 18.9 Å². The molecule has 2 aromatic carbocycles. The van der Waals surface area contributed by atoms with E-state index in [1.807, 2.05) is 0 Å². The Hall–Kier alpha value is -2.34. The maximum atomic E-state index is 14.1. The molecule has 1 N–H and O–H groups in total. The van der Waals surface area contributed by atoms with Gasteiger partial charge in [-0.1, -0.05) is 36.4 Å². The van der Waals surface area contributed by atoms with Crippen LogP contribution in [0.5, 0.6) is 0 Å². The lowest BCUT2D eigenvalue weighted by molar-refractivity contribution is -0.237. The summed E-state index contributed by atoms with van der Waals surface area (Å²) in [4.78, 5) is 13.1. The molecule has 0 unspecified atom stereocenters. The Balaban J connectivity index is 1.93. The second-order valence-corrected chi connectivity index (χ2v) is 6.67. The molecule has 0 radical (unpaired) electrons. The first kappa shape index (κ1) is 18.5. The van der Waals surface area contributed by atoms with Crippen molar-refractivity contribution in [1.82, 2.24) is 10.2 Å². The minimum atomic E-state index is -4.40. The minimum absolute atomic E-state index is 0.165. The van der Waals surface area contributed by atoms with Crippen LogP contribution in [0.2, 0.25) is 0 Å². The zero-order chi connectivity index (χ0) is 18.9. The predicted molar refractivity (Wildman–Crippen MR) is 93.8 cm³/mol. The van der Waals surface area contributed by atoms with Crippen LogP contribution < -0.4 is 5.32 Å². The Morgan fingerprint density at radius 1 is 1.15 bits per heavy atom.